The van der Waals surface area contributed by atoms with Crippen LogP contribution in [0, 0.1) is 6.92 Å². The van der Waals surface area contributed by atoms with Gasteiger partial charge in [-0.25, -0.2) is 0 Å². The van der Waals surface area contributed by atoms with Gasteiger partial charge in [-0.3, -0.25) is 0 Å². The smallest absolute Gasteiger partial charge is 0.145 e. The highest BCUT2D eigenvalue weighted by Gasteiger charge is 2.38. The maximum atomic E-state index is 6.22. The zero-order chi connectivity index (χ0) is 13.7. The van der Waals surface area contributed by atoms with E-state index in [4.69, 9.17) is 9.47 Å². The molecule has 102 valence electrons. The lowest BCUT2D eigenvalue weighted by Gasteiger charge is -2.31. The van der Waals surface area contributed by atoms with Gasteiger partial charge in [-0.05, 0) is 48.7 Å². The number of fused-ring (bicyclic) bond motifs is 4. The summed E-state index contributed by atoms with van der Waals surface area (Å²) in [7, 11) is 1.70. The fourth-order valence-corrected chi connectivity index (χ4v) is 3.18. The third kappa shape index (κ3) is 1.66. The summed E-state index contributed by atoms with van der Waals surface area (Å²) in [5, 5.41) is 3.62. The second-order valence-electron chi connectivity index (χ2n) is 5.56. The summed E-state index contributed by atoms with van der Waals surface area (Å²) in [4.78, 5) is 0. The van der Waals surface area contributed by atoms with Crippen molar-refractivity contribution in [3.8, 4) is 11.5 Å². The molecule has 2 aromatic rings. The summed E-state index contributed by atoms with van der Waals surface area (Å²) in [6.07, 6.45) is 1.08. The normalized spacial score (nSPS) is 22.1. The van der Waals surface area contributed by atoms with Crippen molar-refractivity contribution in [2.75, 3.05) is 12.4 Å². The van der Waals surface area contributed by atoms with Crippen molar-refractivity contribution in [3.05, 3.63) is 53.1 Å². The van der Waals surface area contributed by atoms with E-state index in [1.54, 1.807) is 7.11 Å². The number of hydrogen-bond acceptors (Lipinski definition) is 3. The number of aryl methyl sites for hydroxylation is 1. The summed E-state index contributed by atoms with van der Waals surface area (Å²) >= 11 is 0. The highest BCUT2D eigenvalue weighted by atomic mass is 16.5. The molecule has 0 saturated heterocycles. The first-order valence-corrected chi connectivity index (χ1v) is 6.95. The molecule has 2 atom stereocenters. The van der Waals surface area contributed by atoms with Gasteiger partial charge in [0.15, 0.2) is 0 Å². The van der Waals surface area contributed by atoms with E-state index in [-0.39, 0.29) is 6.10 Å². The number of ether oxygens (including phenoxy) is 2. The lowest BCUT2D eigenvalue weighted by atomic mass is 10.1. The number of rotatable bonds is 1. The standard InChI is InChI=1S/C17H17NO2/c1-10-3-6-16-14(7-10)18-15-8-11-4-5-12(19-2)9-13(11)17(15)20-16/h3-7,9,15,17-18H,8H2,1-2H3. The molecule has 4 rings (SSSR count). The Morgan fingerprint density at radius 2 is 2.10 bits per heavy atom. The van der Waals surface area contributed by atoms with Crippen LogP contribution >= 0.6 is 0 Å². The average molecular weight is 267 g/mol. The topological polar surface area (TPSA) is 30.5 Å². The van der Waals surface area contributed by atoms with E-state index in [1.807, 2.05) is 12.1 Å². The van der Waals surface area contributed by atoms with Crippen LogP contribution in [0.2, 0.25) is 0 Å². The lowest BCUT2D eigenvalue weighted by Crippen LogP contribution is -2.32. The van der Waals surface area contributed by atoms with Crippen LogP contribution in [0.25, 0.3) is 0 Å². The van der Waals surface area contributed by atoms with E-state index >= 15 is 0 Å². The second-order valence-corrected chi connectivity index (χ2v) is 5.56. The van der Waals surface area contributed by atoms with Crippen molar-refractivity contribution in [1.29, 1.82) is 0 Å². The lowest BCUT2D eigenvalue weighted by molar-refractivity contribution is 0.183. The van der Waals surface area contributed by atoms with Gasteiger partial charge >= 0.3 is 0 Å². The van der Waals surface area contributed by atoms with Crippen LogP contribution in [-0.2, 0) is 6.42 Å². The summed E-state index contributed by atoms with van der Waals surface area (Å²) in [6.45, 7) is 2.10. The second kappa shape index (κ2) is 4.17. The molecule has 0 fully saturated rings. The van der Waals surface area contributed by atoms with E-state index in [9.17, 15) is 0 Å². The number of hydrogen-bond donors (Lipinski definition) is 1. The largest absolute Gasteiger partial charge is 0.497 e. The molecule has 2 aliphatic rings. The highest BCUT2D eigenvalue weighted by molar-refractivity contribution is 5.62. The molecule has 1 heterocycles. The third-order valence-electron chi connectivity index (χ3n) is 4.19. The predicted molar refractivity (Wildman–Crippen MR) is 78.7 cm³/mol. The molecule has 1 N–H and O–H groups in total. The molecule has 0 saturated carbocycles. The van der Waals surface area contributed by atoms with Crippen molar-refractivity contribution in [3.63, 3.8) is 0 Å². The number of anilines is 1. The Kier molecular flexibility index (Phi) is 2.43. The first-order valence-electron chi connectivity index (χ1n) is 6.95. The van der Waals surface area contributed by atoms with Crippen LogP contribution in [0.1, 0.15) is 22.8 Å². The van der Waals surface area contributed by atoms with Crippen molar-refractivity contribution in [2.24, 2.45) is 0 Å². The van der Waals surface area contributed by atoms with Crippen LogP contribution in [0.5, 0.6) is 11.5 Å². The van der Waals surface area contributed by atoms with Crippen LogP contribution in [0.4, 0.5) is 5.69 Å². The average Bonchev–Trinajstić information content (AvgIpc) is 2.81. The first kappa shape index (κ1) is 11.6. The minimum atomic E-state index is 0.0790. The van der Waals surface area contributed by atoms with Crippen molar-refractivity contribution >= 4 is 5.69 Å². The maximum Gasteiger partial charge on any atom is 0.145 e. The Hall–Kier alpha value is -2.16. The Balaban J connectivity index is 1.74. The minimum absolute atomic E-state index is 0.0790. The Bertz CT molecular complexity index is 681. The predicted octanol–water partition coefficient (Wildman–Crippen LogP) is 3.47. The van der Waals surface area contributed by atoms with Crippen molar-refractivity contribution in [1.82, 2.24) is 0 Å². The SMILES string of the molecule is COc1ccc2c(c1)C1Oc3ccc(C)cc3NC1C2. The zero-order valence-electron chi connectivity index (χ0n) is 11.6. The van der Waals surface area contributed by atoms with E-state index in [1.165, 1.54) is 16.7 Å². The van der Waals surface area contributed by atoms with Crippen LogP contribution < -0.4 is 14.8 Å². The Labute approximate surface area is 118 Å². The van der Waals surface area contributed by atoms with Gasteiger partial charge in [0.25, 0.3) is 0 Å². The summed E-state index contributed by atoms with van der Waals surface area (Å²) in [5.74, 6) is 1.83. The molecule has 3 nitrogen and oxygen atoms in total. The number of methoxy groups -OCH3 is 1. The summed E-state index contributed by atoms with van der Waals surface area (Å²) in [5.41, 5.74) is 4.94. The monoisotopic (exact) mass is 267 g/mol. The van der Waals surface area contributed by atoms with Gasteiger partial charge in [0.1, 0.15) is 17.6 Å². The van der Waals surface area contributed by atoms with Gasteiger partial charge in [0, 0.05) is 5.56 Å². The molecule has 0 bridgehead atoms. The molecule has 0 amide bonds. The Morgan fingerprint density at radius 3 is 2.95 bits per heavy atom. The Morgan fingerprint density at radius 1 is 1.20 bits per heavy atom. The maximum absolute atomic E-state index is 6.22. The molecule has 3 heteroatoms. The number of benzene rings is 2. The fourth-order valence-electron chi connectivity index (χ4n) is 3.18. The molecule has 2 unspecified atom stereocenters. The van der Waals surface area contributed by atoms with Gasteiger partial charge in [-0.2, -0.15) is 0 Å². The molecular weight excluding hydrogens is 250 g/mol. The van der Waals surface area contributed by atoms with Gasteiger partial charge in [-0.1, -0.05) is 12.1 Å². The molecular formula is C17H17NO2. The molecule has 20 heavy (non-hydrogen) atoms. The van der Waals surface area contributed by atoms with Gasteiger partial charge in [-0.15, -0.1) is 0 Å². The van der Waals surface area contributed by atoms with E-state index < -0.39 is 0 Å². The van der Waals surface area contributed by atoms with Crippen LogP contribution in [-0.4, -0.2) is 13.2 Å². The van der Waals surface area contributed by atoms with E-state index in [0.717, 1.165) is 23.6 Å². The minimum Gasteiger partial charge on any atom is -0.497 e. The fraction of sp³-hybridized carbons (Fsp3) is 0.294. The molecule has 1 aliphatic heterocycles. The number of nitrogens with one attached hydrogen (secondary N) is 1. The molecule has 1 aliphatic carbocycles. The zero-order valence-corrected chi connectivity index (χ0v) is 11.6. The molecule has 0 spiro atoms. The van der Waals surface area contributed by atoms with E-state index in [2.05, 4.69) is 36.5 Å². The van der Waals surface area contributed by atoms with Crippen LogP contribution in [0.15, 0.2) is 36.4 Å². The van der Waals surface area contributed by atoms with Crippen LogP contribution in [0.3, 0.4) is 0 Å². The highest BCUT2D eigenvalue weighted by Crippen LogP contribution is 2.44. The summed E-state index contributed by atoms with van der Waals surface area (Å²) in [6, 6.07) is 12.9. The molecule has 0 aromatic heterocycles. The van der Waals surface area contributed by atoms with Gasteiger partial charge in [0.2, 0.25) is 0 Å². The quantitative estimate of drug-likeness (QED) is 0.858. The van der Waals surface area contributed by atoms with Gasteiger partial charge in [0.05, 0.1) is 18.8 Å². The van der Waals surface area contributed by atoms with E-state index in [0.29, 0.717) is 6.04 Å². The summed E-state index contributed by atoms with van der Waals surface area (Å²) < 4.78 is 11.5. The van der Waals surface area contributed by atoms with Crippen molar-refractivity contribution in [2.45, 2.75) is 25.5 Å². The van der Waals surface area contributed by atoms with Gasteiger partial charge < -0.3 is 14.8 Å². The molecule has 0 radical (unpaired) electrons. The molecule has 2 aromatic carbocycles. The third-order valence-corrected chi connectivity index (χ3v) is 4.19. The first-order chi connectivity index (χ1) is 9.74. The van der Waals surface area contributed by atoms with Crippen molar-refractivity contribution < 1.29 is 9.47 Å².